The fraction of sp³-hybridized carbons (Fsp3) is 0.235. The first-order valence-electron chi connectivity index (χ1n) is 7.81. The van der Waals surface area contributed by atoms with Gasteiger partial charge in [-0.25, -0.2) is 19.8 Å². The highest BCUT2D eigenvalue weighted by molar-refractivity contribution is 6.32. The van der Waals surface area contributed by atoms with Gasteiger partial charge in [0.2, 0.25) is 0 Å². The number of hydrogen-bond acceptors (Lipinski definition) is 6. The molecule has 26 heavy (non-hydrogen) atoms. The molecule has 0 aliphatic carbocycles. The number of carbonyl (C=O) groups excluding carboxylic acids is 3. The van der Waals surface area contributed by atoms with Gasteiger partial charge in [0.05, 0.1) is 18.2 Å². The molecule has 2 aromatic rings. The number of esters is 1. The van der Waals surface area contributed by atoms with Crippen molar-refractivity contribution in [3.63, 3.8) is 0 Å². The summed E-state index contributed by atoms with van der Waals surface area (Å²) in [5.74, 6) is -1.38. The maximum atomic E-state index is 12.7. The molecule has 1 aliphatic rings. The lowest BCUT2D eigenvalue weighted by Crippen LogP contribution is -2.45. The number of hydrazine groups is 1. The first-order chi connectivity index (χ1) is 12.5. The molecule has 0 saturated carbocycles. The highest BCUT2D eigenvalue weighted by Gasteiger charge is 2.33. The number of methoxy groups -OCH3 is 1. The third-order valence-corrected chi connectivity index (χ3v) is 4.19. The summed E-state index contributed by atoms with van der Waals surface area (Å²) in [5.41, 5.74) is 0.582. The van der Waals surface area contributed by atoms with Crippen molar-refractivity contribution in [1.29, 1.82) is 0 Å². The number of rotatable bonds is 3. The number of aromatic nitrogens is 2. The van der Waals surface area contributed by atoms with Gasteiger partial charge in [-0.2, -0.15) is 0 Å². The summed E-state index contributed by atoms with van der Waals surface area (Å²) in [5, 5.41) is 2.74. The van der Waals surface area contributed by atoms with Crippen molar-refractivity contribution >= 4 is 29.4 Å². The maximum absolute atomic E-state index is 12.7. The van der Waals surface area contributed by atoms with E-state index in [1.165, 1.54) is 41.7 Å². The van der Waals surface area contributed by atoms with Crippen LogP contribution < -0.4 is 0 Å². The van der Waals surface area contributed by atoms with Crippen molar-refractivity contribution in [2.75, 3.05) is 20.2 Å². The minimum atomic E-state index is -0.541. The van der Waals surface area contributed by atoms with E-state index in [2.05, 4.69) is 14.7 Å². The van der Waals surface area contributed by atoms with Crippen molar-refractivity contribution in [1.82, 2.24) is 20.0 Å². The van der Waals surface area contributed by atoms with Crippen molar-refractivity contribution in [2.24, 2.45) is 0 Å². The Kier molecular flexibility index (Phi) is 5.13. The monoisotopic (exact) mass is 374 g/mol. The molecule has 2 amide bonds. The zero-order valence-electron chi connectivity index (χ0n) is 13.9. The van der Waals surface area contributed by atoms with Crippen LogP contribution in [0.1, 0.15) is 37.6 Å². The topological polar surface area (TPSA) is 92.7 Å². The lowest BCUT2D eigenvalue weighted by molar-refractivity contribution is 0.0182. The summed E-state index contributed by atoms with van der Waals surface area (Å²) in [6.45, 7) is 0.763. The Hall–Kier alpha value is -3.00. The van der Waals surface area contributed by atoms with Gasteiger partial charge in [0, 0.05) is 25.5 Å². The molecule has 8 nitrogen and oxygen atoms in total. The van der Waals surface area contributed by atoms with Gasteiger partial charge < -0.3 is 4.74 Å². The van der Waals surface area contributed by atoms with Crippen LogP contribution in [0.15, 0.2) is 36.7 Å². The first kappa shape index (κ1) is 17.8. The quantitative estimate of drug-likeness (QED) is 0.601. The molecule has 1 saturated heterocycles. The van der Waals surface area contributed by atoms with Gasteiger partial charge in [0.1, 0.15) is 10.8 Å². The van der Waals surface area contributed by atoms with Gasteiger partial charge in [-0.3, -0.25) is 14.6 Å². The lowest BCUT2D eigenvalue weighted by atomic mass is 10.2. The van der Waals surface area contributed by atoms with E-state index in [-0.39, 0.29) is 22.0 Å². The minimum Gasteiger partial charge on any atom is -0.465 e. The standard InChI is InChI=1S/C17H15ClN4O4/c1-26-17(25)11-5-6-13(20-10-11)16(24)22-9-3-8-21(22)15(23)12-4-2-7-19-14(12)18/h2,4-7,10H,3,8-9H2,1H3. The molecule has 2 aromatic heterocycles. The zero-order valence-corrected chi connectivity index (χ0v) is 14.6. The van der Waals surface area contributed by atoms with E-state index < -0.39 is 17.8 Å². The number of ether oxygens (including phenoxy) is 1. The molecule has 9 heteroatoms. The van der Waals surface area contributed by atoms with E-state index in [0.717, 1.165) is 0 Å². The Morgan fingerprint density at radius 2 is 1.81 bits per heavy atom. The van der Waals surface area contributed by atoms with E-state index in [9.17, 15) is 14.4 Å². The van der Waals surface area contributed by atoms with Gasteiger partial charge in [0.25, 0.3) is 11.8 Å². The van der Waals surface area contributed by atoms with Crippen LogP contribution in [-0.2, 0) is 4.74 Å². The van der Waals surface area contributed by atoms with E-state index in [0.29, 0.717) is 19.5 Å². The fourth-order valence-electron chi connectivity index (χ4n) is 2.61. The summed E-state index contributed by atoms with van der Waals surface area (Å²) in [4.78, 5) is 44.8. The maximum Gasteiger partial charge on any atom is 0.339 e. The van der Waals surface area contributed by atoms with Crippen molar-refractivity contribution in [3.05, 3.63) is 58.6 Å². The molecule has 1 fully saturated rings. The molecule has 0 spiro atoms. The Morgan fingerprint density at radius 1 is 1.08 bits per heavy atom. The molecule has 0 atom stereocenters. The van der Waals surface area contributed by atoms with Crippen molar-refractivity contribution in [3.8, 4) is 0 Å². The highest BCUT2D eigenvalue weighted by Crippen LogP contribution is 2.21. The second-order valence-corrected chi connectivity index (χ2v) is 5.83. The number of amides is 2. The lowest BCUT2D eigenvalue weighted by Gasteiger charge is -2.27. The summed E-state index contributed by atoms with van der Waals surface area (Å²) in [6, 6.07) is 6.04. The molecule has 3 rings (SSSR count). The summed E-state index contributed by atoms with van der Waals surface area (Å²) < 4.78 is 4.60. The third kappa shape index (κ3) is 3.36. The van der Waals surface area contributed by atoms with Crippen LogP contribution in [-0.4, -0.2) is 58.0 Å². The van der Waals surface area contributed by atoms with Gasteiger partial charge in [-0.1, -0.05) is 11.6 Å². The normalized spacial score (nSPS) is 13.6. The third-order valence-electron chi connectivity index (χ3n) is 3.89. The summed E-state index contributed by atoms with van der Waals surface area (Å²) >= 11 is 5.98. The molecule has 134 valence electrons. The smallest absolute Gasteiger partial charge is 0.339 e. The Labute approximate surface area is 154 Å². The number of pyridine rings is 2. The van der Waals surface area contributed by atoms with Crippen LogP contribution >= 0.6 is 11.6 Å². The van der Waals surface area contributed by atoms with Gasteiger partial charge in [0.15, 0.2) is 0 Å². The van der Waals surface area contributed by atoms with Gasteiger partial charge in [-0.15, -0.1) is 0 Å². The molecule has 1 aliphatic heterocycles. The van der Waals surface area contributed by atoms with E-state index in [1.54, 1.807) is 12.1 Å². The Balaban J connectivity index is 1.81. The van der Waals surface area contributed by atoms with Crippen LogP contribution in [0.3, 0.4) is 0 Å². The van der Waals surface area contributed by atoms with Crippen LogP contribution in [0.2, 0.25) is 5.15 Å². The van der Waals surface area contributed by atoms with Crippen LogP contribution in [0.25, 0.3) is 0 Å². The van der Waals surface area contributed by atoms with Crippen molar-refractivity contribution < 1.29 is 19.1 Å². The largest absolute Gasteiger partial charge is 0.465 e. The molecule has 0 bridgehead atoms. The molecule has 3 heterocycles. The average Bonchev–Trinajstić information content (AvgIpc) is 3.16. The molecular formula is C17H15ClN4O4. The van der Waals surface area contributed by atoms with Crippen LogP contribution in [0.4, 0.5) is 0 Å². The summed E-state index contributed by atoms with van der Waals surface area (Å²) in [7, 11) is 1.26. The fourth-order valence-corrected chi connectivity index (χ4v) is 2.81. The second kappa shape index (κ2) is 7.49. The molecule has 0 aromatic carbocycles. The van der Waals surface area contributed by atoms with Crippen LogP contribution in [0, 0.1) is 0 Å². The zero-order chi connectivity index (χ0) is 18.7. The number of nitrogens with zero attached hydrogens (tertiary/aromatic N) is 4. The highest BCUT2D eigenvalue weighted by atomic mass is 35.5. The van der Waals surface area contributed by atoms with Gasteiger partial charge >= 0.3 is 5.97 Å². The predicted molar refractivity (Wildman–Crippen MR) is 91.5 cm³/mol. The SMILES string of the molecule is COC(=O)c1ccc(C(=O)N2CCCN2C(=O)c2cccnc2Cl)nc1. The number of hydrogen-bond donors (Lipinski definition) is 0. The second-order valence-electron chi connectivity index (χ2n) is 5.48. The van der Waals surface area contributed by atoms with E-state index in [1.807, 2.05) is 0 Å². The van der Waals surface area contributed by atoms with Gasteiger partial charge in [-0.05, 0) is 30.7 Å². The van der Waals surface area contributed by atoms with Crippen molar-refractivity contribution in [2.45, 2.75) is 6.42 Å². The number of carbonyl (C=O) groups is 3. The molecular weight excluding hydrogens is 360 g/mol. The predicted octanol–water partition coefficient (Wildman–Crippen LogP) is 1.82. The molecule has 0 radical (unpaired) electrons. The first-order valence-corrected chi connectivity index (χ1v) is 8.19. The van der Waals surface area contributed by atoms with E-state index in [4.69, 9.17) is 11.6 Å². The van der Waals surface area contributed by atoms with Crippen LogP contribution in [0.5, 0.6) is 0 Å². The number of halogens is 1. The molecule has 0 N–H and O–H groups in total. The van der Waals surface area contributed by atoms with E-state index >= 15 is 0 Å². The summed E-state index contributed by atoms with van der Waals surface area (Å²) in [6.07, 6.45) is 3.38. The average molecular weight is 375 g/mol. The molecule has 0 unspecified atom stereocenters. The Morgan fingerprint density at radius 3 is 2.42 bits per heavy atom. The Bertz CT molecular complexity index is 856. The minimum absolute atomic E-state index is 0.0809.